The molecule has 1 amide bonds. The van der Waals surface area contributed by atoms with Crippen molar-refractivity contribution >= 4 is 50.8 Å². The van der Waals surface area contributed by atoms with E-state index in [1.165, 1.54) is 11.0 Å². The summed E-state index contributed by atoms with van der Waals surface area (Å²) in [6.07, 6.45) is 0. The molecular formula is C25H22ClF2N3O2S. The number of likely N-dealkylation sites (N-methyl/N-ethyl adjacent to an activating group) is 1. The van der Waals surface area contributed by atoms with Crippen molar-refractivity contribution in [3.05, 3.63) is 95.1 Å². The monoisotopic (exact) mass is 501 g/mol. The van der Waals surface area contributed by atoms with E-state index in [0.717, 1.165) is 17.4 Å². The number of hydrogen-bond acceptors (Lipinski definition) is 5. The summed E-state index contributed by atoms with van der Waals surface area (Å²) < 4.78 is 28.1. The lowest BCUT2D eigenvalue weighted by Crippen LogP contribution is -2.36. The molecule has 9 heteroatoms. The second kappa shape index (κ2) is 10.8. The molecule has 0 spiro atoms. The van der Waals surface area contributed by atoms with Gasteiger partial charge >= 0.3 is 0 Å². The number of carbonyl (C=O) groups is 2. The number of benzene rings is 3. The van der Waals surface area contributed by atoms with Crippen LogP contribution in [0.4, 0.5) is 13.9 Å². The highest BCUT2D eigenvalue weighted by Gasteiger charge is 2.23. The van der Waals surface area contributed by atoms with Gasteiger partial charge in [-0.15, -0.1) is 12.4 Å². The fourth-order valence-electron chi connectivity index (χ4n) is 3.32. The normalized spacial score (nSPS) is 10.9. The van der Waals surface area contributed by atoms with Gasteiger partial charge in [0.05, 0.1) is 4.70 Å². The van der Waals surface area contributed by atoms with Crippen LogP contribution in [0.1, 0.15) is 26.3 Å². The van der Waals surface area contributed by atoms with E-state index in [-0.39, 0.29) is 34.7 Å². The molecule has 5 nitrogen and oxygen atoms in total. The first kappa shape index (κ1) is 25.4. The first-order valence-corrected chi connectivity index (χ1v) is 11.1. The molecular weight excluding hydrogens is 480 g/mol. The van der Waals surface area contributed by atoms with Gasteiger partial charge in [-0.2, -0.15) is 0 Å². The Hall–Kier alpha value is -3.20. The molecule has 0 unspecified atom stereocenters. The molecule has 4 rings (SSSR count). The predicted molar refractivity (Wildman–Crippen MR) is 133 cm³/mol. The van der Waals surface area contributed by atoms with E-state index >= 15 is 0 Å². The molecule has 0 saturated heterocycles. The summed E-state index contributed by atoms with van der Waals surface area (Å²) in [6, 6.07) is 17.3. The Balaban J connectivity index is 0.00000324. The van der Waals surface area contributed by atoms with E-state index in [0.29, 0.717) is 34.5 Å². The summed E-state index contributed by atoms with van der Waals surface area (Å²) in [5.74, 6) is -1.94. The maximum absolute atomic E-state index is 14.2. The Morgan fingerprint density at radius 3 is 2.15 bits per heavy atom. The zero-order chi connectivity index (χ0) is 23.5. The standard InChI is InChI=1S/C25H21F2N3O2S.ClH/c1-29(2)12-13-30(25-28-22-20(27)14-19(26)15-21(22)33-25)24(32)18-10-8-17(9-11-18)23(31)16-6-4-3-5-7-16;/h3-11,14-15H,12-13H2,1-2H3;1H. The van der Waals surface area contributed by atoms with E-state index in [2.05, 4.69) is 4.98 Å². The van der Waals surface area contributed by atoms with E-state index in [1.54, 1.807) is 48.5 Å². The number of thiazole rings is 1. The molecule has 0 bridgehead atoms. The molecule has 0 radical (unpaired) electrons. The molecule has 4 aromatic rings. The number of anilines is 1. The van der Waals surface area contributed by atoms with Gasteiger partial charge in [-0.1, -0.05) is 53.8 Å². The first-order chi connectivity index (χ1) is 15.8. The van der Waals surface area contributed by atoms with Crippen molar-refractivity contribution in [1.82, 2.24) is 9.88 Å². The van der Waals surface area contributed by atoms with Crippen LogP contribution in [0.3, 0.4) is 0 Å². The Morgan fingerprint density at radius 1 is 0.882 bits per heavy atom. The first-order valence-electron chi connectivity index (χ1n) is 10.3. The van der Waals surface area contributed by atoms with Crippen LogP contribution >= 0.6 is 23.7 Å². The maximum Gasteiger partial charge on any atom is 0.260 e. The van der Waals surface area contributed by atoms with Crippen LogP contribution in [0.5, 0.6) is 0 Å². The van der Waals surface area contributed by atoms with Crippen molar-refractivity contribution in [2.45, 2.75) is 0 Å². The van der Waals surface area contributed by atoms with Crippen LogP contribution in [0.2, 0.25) is 0 Å². The molecule has 0 saturated carbocycles. The summed E-state index contributed by atoms with van der Waals surface area (Å²) >= 11 is 1.06. The Bertz CT molecular complexity index is 1310. The zero-order valence-corrected chi connectivity index (χ0v) is 20.1. The molecule has 0 fully saturated rings. The van der Waals surface area contributed by atoms with Gasteiger partial charge in [0, 0.05) is 35.8 Å². The quantitative estimate of drug-likeness (QED) is 0.317. The largest absolute Gasteiger partial charge is 0.308 e. The van der Waals surface area contributed by atoms with Gasteiger partial charge in [0.1, 0.15) is 11.3 Å². The van der Waals surface area contributed by atoms with Crippen LogP contribution in [-0.2, 0) is 0 Å². The predicted octanol–water partition coefficient (Wildman–Crippen LogP) is 5.44. The molecule has 0 aliphatic rings. The van der Waals surface area contributed by atoms with Crippen molar-refractivity contribution in [3.8, 4) is 0 Å². The third-order valence-electron chi connectivity index (χ3n) is 5.08. The lowest BCUT2D eigenvalue weighted by atomic mass is 10.0. The maximum atomic E-state index is 14.2. The zero-order valence-electron chi connectivity index (χ0n) is 18.5. The van der Waals surface area contributed by atoms with Crippen LogP contribution in [0.15, 0.2) is 66.7 Å². The van der Waals surface area contributed by atoms with Crippen molar-refractivity contribution in [2.75, 3.05) is 32.1 Å². The smallest absolute Gasteiger partial charge is 0.260 e. The van der Waals surface area contributed by atoms with E-state index in [9.17, 15) is 18.4 Å². The number of fused-ring (bicyclic) bond motifs is 1. The highest BCUT2D eigenvalue weighted by Crippen LogP contribution is 2.32. The number of hydrogen-bond donors (Lipinski definition) is 0. The van der Waals surface area contributed by atoms with Crippen molar-refractivity contribution in [3.63, 3.8) is 0 Å². The number of aromatic nitrogens is 1. The lowest BCUT2D eigenvalue weighted by Gasteiger charge is -2.22. The summed E-state index contributed by atoms with van der Waals surface area (Å²) in [4.78, 5) is 33.6. The van der Waals surface area contributed by atoms with E-state index in [4.69, 9.17) is 0 Å². The minimum atomic E-state index is -0.767. The molecule has 1 heterocycles. The minimum absolute atomic E-state index is 0. The van der Waals surface area contributed by atoms with Crippen molar-refractivity contribution in [2.24, 2.45) is 0 Å². The van der Waals surface area contributed by atoms with Crippen molar-refractivity contribution in [1.29, 1.82) is 0 Å². The third kappa shape index (κ3) is 5.47. The van der Waals surface area contributed by atoms with Gasteiger partial charge in [-0.25, -0.2) is 13.8 Å². The van der Waals surface area contributed by atoms with Gasteiger partial charge in [0.2, 0.25) is 0 Å². The molecule has 1 aromatic heterocycles. The molecule has 0 aliphatic carbocycles. The molecule has 0 atom stereocenters. The van der Waals surface area contributed by atoms with Crippen LogP contribution < -0.4 is 4.90 Å². The second-order valence-corrected chi connectivity index (χ2v) is 8.77. The average molecular weight is 502 g/mol. The highest BCUT2D eigenvalue weighted by atomic mass is 35.5. The Morgan fingerprint density at radius 2 is 1.50 bits per heavy atom. The topological polar surface area (TPSA) is 53.5 Å². The summed E-state index contributed by atoms with van der Waals surface area (Å²) in [6.45, 7) is 0.851. The Kier molecular flexibility index (Phi) is 8.09. The van der Waals surface area contributed by atoms with E-state index in [1.807, 2.05) is 25.1 Å². The van der Waals surface area contributed by atoms with E-state index < -0.39 is 11.6 Å². The molecule has 34 heavy (non-hydrogen) atoms. The van der Waals surface area contributed by atoms with Crippen LogP contribution in [0.25, 0.3) is 10.2 Å². The fraction of sp³-hybridized carbons (Fsp3) is 0.160. The van der Waals surface area contributed by atoms with Gasteiger partial charge in [-0.3, -0.25) is 14.5 Å². The van der Waals surface area contributed by atoms with Crippen LogP contribution in [-0.4, -0.2) is 48.8 Å². The van der Waals surface area contributed by atoms with Gasteiger partial charge in [-0.05, 0) is 32.3 Å². The number of halogens is 3. The third-order valence-corrected chi connectivity index (χ3v) is 6.10. The average Bonchev–Trinajstić information content (AvgIpc) is 3.23. The summed E-state index contributed by atoms with van der Waals surface area (Å²) in [7, 11) is 3.75. The summed E-state index contributed by atoms with van der Waals surface area (Å²) in [5.41, 5.74) is 1.43. The number of nitrogens with zero attached hydrogens (tertiary/aromatic N) is 3. The number of carbonyl (C=O) groups excluding carboxylic acids is 2. The molecule has 0 N–H and O–H groups in total. The Labute approximate surface area is 206 Å². The lowest BCUT2D eigenvalue weighted by molar-refractivity contribution is 0.0982. The van der Waals surface area contributed by atoms with Gasteiger partial charge in [0.25, 0.3) is 5.91 Å². The second-order valence-electron chi connectivity index (χ2n) is 7.76. The fourth-order valence-corrected chi connectivity index (χ4v) is 4.35. The highest BCUT2D eigenvalue weighted by molar-refractivity contribution is 7.22. The van der Waals surface area contributed by atoms with Gasteiger partial charge < -0.3 is 4.90 Å². The van der Waals surface area contributed by atoms with Crippen LogP contribution in [0, 0.1) is 11.6 Å². The number of amides is 1. The molecule has 176 valence electrons. The SMILES string of the molecule is CN(C)CCN(C(=O)c1ccc(C(=O)c2ccccc2)cc1)c1nc2c(F)cc(F)cc2s1.Cl. The number of ketones is 1. The number of rotatable bonds is 7. The summed E-state index contributed by atoms with van der Waals surface area (Å²) in [5, 5.41) is 0.283. The molecule has 0 aliphatic heterocycles. The minimum Gasteiger partial charge on any atom is -0.308 e. The van der Waals surface area contributed by atoms with Gasteiger partial charge in [0.15, 0.2) is 16.7 Å². The molecule has 3 aromatic carbocycles. The van der Waals surface area contributed by atoms with Crippen molar-refractivity contribution < 1.29 is 18.4 Å².